The third kappa shape index (κ3) is 7.41. The van der Waals surface area contributed by atoms with Crippen LogP contribution in [0.25, 0.3) is 0 Å². The van der Waals surface area contributed by atoms with E-state index in [1.54, 1.807) is 54.6 Å². The molecule has 0 aliphatic carbocycles. The highest BCUT2D eigenvalue weighted by atomic mass is 16.3. The average molecular weight is 497 g/mol. The molecule has 7 heteroatoms. The first-order valence-electron chi connectivity index (χ1n) is 11.8. The van der Waals surface area contributed by atoms with Gasteiger partial charge in [-0.05, 0) is 118 Å². The number of aromatic hydroxyl groups is 3. The van der Waals surface area contributed by atoms with Crippen LogP contribution in [-0.2, 0) is 0 Å². The predicted octanol–water partition coefficient (Wildman–Crippen LogP) is 6.67. The molecule has 1 heterocycles. The molecule has 0 bridgehead atoms. The molecule has 0 aliphatic heterocycles. The van der Waals surface area contributed by atoms with Crippen LogP contribution in [0.15, 0.2) is 82.8 Å². The highest BCUT2D eigenvalue weighted by molar-refractivity contribution is 6.02. The average Bonchev–Trinajstić information content (AvgIpc) is 2.85. The minimum Gasteiger partial charge on any atom is -0.508 e. The van der Waals surface area contributed by atoms with E-state index in [9.17, 15) is 10.2 Å². The Morgan fingerprint density at radius 3 is 1.41 bits per heavy atom. The standard InChI is InChI=1S/C23H23N3O2.C7H9NO/c1-14-12-18(27)8-10-20(14)24-16(3)22-6-5-7-23(26-22)17(4)25-21-11-9-19(28)13-15(21)2;1-5-4-6(9)2-3-7(5)8/h5-13,27-28H,1-4H3;2-4,9H,8H2,1H3. The van der Waals surface area contributed by atoms with Crippen molar-refractivity contribution in [3.63, 3.8) is 0 Å². The van der Waals surface area contributed by atoms with Crippen LogP contribution in [0.2, 0.25) is 0 Å². The van der Waals surface area contributed by atoms with E-state index in [-0.39, 0.29) is 17.2 Å². The first kappa shape index (κ1) is 26.9. The van der Waals surface area contributed by atoms with Crippen molar-refractivity contribution >= 4 is 28.5 Å². The molecule has 37 heavy (non-hydrogen) atoms. The molecule has 0 unspecified atom stereocenters. The number of anilines is 1. The fourth-order valence-corrected chi connectivity index (χ4v) is 3.50. The van der Waals surface area contributed by atoms with E-state index >= 15 is 0 Å². The van der Waals surface area contributed by atoms with Crippen LogP contribution in [0.1, 0.15) is 41.9 Å². The zero-order chi connectivity index (χ0) is 27.1. The molecule has 0 atom stereocenters. The lowest BCUT2D eigenvalue weighted by Gasteiger charge is -2.07. The lowest BCUT2D eigenvalue weighted by Crippen LogP contribution is -2.05. The Bertz CT molecular complexity index is 1390. The number of aliphatic imine (C=N–C) groups is 2. The SMILES string of the molecule is CC(=Nc1ccc(O)cc1C)c1cccc(C(C)=Nc2ccc(O)cc2C)n1.Cc1cc(O)ccc1N. The number of phenols is 3. The van der Waals surface area contributed by atoms with Crippen molar-refractivity contribution in [1.82, 2.24) is 4.98 Å². The molecule has 4 rings (SSSR count). The summed E-state index contributed by atoms with van der Waals surface area (Å²) in [5.41, 5.74) is 13.6. The molecule has 0 fully saturated rings. The monoisotopic (exact) mass is 496 g/mol. The lowest BCUT2D eigenvalue weighted by molar-refractivity contribution is 0.474. The van der Waals surface area contributed by atoms with Crippen LogP contribution in [-0.4, -0.2) is 31.7 Å². The zero-order valence-corrected chi connectivity index (χ0v) is 21.7. The van der Waals surface area contributed by atoms with E-state index in [2.05, 4.69) is 9.98 Å². The Morgan fingerprint density at radius 1 is 0.622 bits per heavy atom. The smallest absolute Gasteiger partial charge is 0.115 e. The van der Waals surface area contributed by atoms with Crippen molar-refractivity contribution in [2.75, 3.05) is 5.73 Å². The summed E-state index contributed by atoms with van der Waals surface area (Å²) in [6.07, 6.45) is 0. The first-order chi connectivity index (χ1) is 17.5. The van der Waals surface area contributed by atoms with Gasteiger partial charge in [-0.15, -0.1) is 0 Å². The van der Waals surface area contributed by atoms with Crippen LogP contribution in [0, 0.1) is 20.8 Å². The van der Waals surface area contributed by atoms with E-state index in [1.165, 1.54) is 0 Å². The third-order valence-corrected chi connectivity index (χ3v) is 5.68. The Kier molecular flexibility index (Phi) is 8.64. The molecule has 7 nitrogen and oxygen atoms in total. The van der Waals surface area contributed by atoms with Gasteiger partial charge in [0.25, 0.3) is 0 Å². The topological polar surface area (TPSA) is 124 Å². The Hall–Kier alpha value is -4.65. The summed E-state index contributed by atoms with van der Waals surface area (Å²) in [7, 11) is 0. The van der Waals surface area contributed by atoms with Gasteiger partial charge in [-0.2, -0.15) is 0 Å². The summed E-state index contributed by atoms with van der Waals surface area (Å²) in [5, 5.41) is 28.0. The van der Waals surface area contributed by atoms with Gasteiger partial charge in [0.05, 0.1) is 34.2 Å². The molecule has 0 saturated heterocycles. The second-order valence-corrected chi connectivity index (χ2v) is 8.78. The Morgan fingerprint density at radius 2 is 1.03 bits per heavy atom. The van der Waals surface area contributed by atoms with E-state index in [1.807, 2.05) is 52.8 Å². The highest BCUT2D eigenvalue weighted by Gasteiger charge is 2.07. The molecule has 1 aromatic heterocycles. The maximum absolute atomic E-state index is 9.55. The van der Waals surface area contributed by atoms with Crippen molar-refractivity contribution in [1.29, 1.82) is 0 Å². The Labute approximate surface area is 217 Å². The van der Waals surface area contributed by atoms with Gasteiger partial charge < -0.3 is 21.1 Å². The number of nitrogens with two attached hydrogens (primary N) is 1. The van der Waals surface area contributed by atoms with Crippen LogP contribution in [0.5, 0.6) is 17.2 Å². The minimum atomic E-state index is 0.227. The number of phenolic OH excluding ortho intramolecular Hbond substituents is 3. The fourth-order valence-electron chi connectivity index (χ4n) is 3.50. The third-order valence-electron chi connectivity index (χ3n) is 5.68. The summed E-state index contributed by atoms with van der Waals surface area (Å²) >= 11 is 0. The lowest BCUT2D eigenvalue weighted by atomic mass is 10.1. The maximum atomic E-state index is 9.55. The molecule has 190 valence electrons. The van der Waals surface area contributed by atoms with E-state index < -0.39 is 0 Å². The number of nitrogen functional groups attached to an aromatic ring is 1. The molecular weight excluding hydrogens is 464 g/mol. The van der Waals surface area contributed by atoms with Gasteiger partial charge in [-0.25, -0.2) is 4.98 Å². The van der Waals surface area contributed by atoms with Crippen molar-refractivity contribution in [2.45, 2.75) is 34.6 Å². The van der Waals surface area contributed by atoms with Gasteiger partial charge in [0.2, 0.25) is 0 Å². The second kappa shape index (κ2) is 11.9. The largest absolute Gasteiger partial charge is 0.508 e. The van der Waals surface area contributed by atoms with Gasteiger partial charge in [0, 0.05) is 5.69 Å². The summed E-state index contributed by atoms with van der Waals surface area (Å²) in [4.78, 5) is 14.0. The van der Waals surface area contributed by atoms with Crippen LogP contribution in [0.3, 0.4) is 0 Å². The first-order valence-corrected chi connectivity index (χ1v) is 11.8. The van der Waals surface area contributed by atoms with Gasteiger partial charge in [0.15, 0.2) is 0 Å². The van der Waals surface area contributed by atoms with Crippen molar-refractivity contribution < 1.29 is 15.3 Å². The normalized spacial score (nSPS) is 11.6. The summed E-state index contributed by atoms with van der Waals surface area (Å²) < 4.78 is 0. The fraction of sp³-hybridized carbons (Fsp3) is 0.167. The molecular formula is C30H32N4O3. The molecule has 0 saturated carbocycles. The second-order valence-electron chi connectivity index (χ2n) is 8.78. The zero-order valence-electron chi connectivity index (χ0n) is 21.7. The van der Waals surface area contributed by atoms with E-state index in [0.29, 0.717) is 5.69 Å². The van der Waals surface area contributed by atoms with Crippen LogP contribution < -0.4 is 5.73 Å². The number of hydrogen-bond donors (Lipinski definition) is 4. The van der Waals surface area contributed by atoms with Crippen LogP contribution >= 0.6 is 0 Å². The number of nitrogens with zero attached hydrogens (tertiary/aromatic N) is 3. The molecule has 5 N–H and O–H groups in total. The summed E-state index contributed by atoms with van der Waals surface area (Å²) in [5.74, 6) is 0.720. The summed E-state index contributed by atoms with van der Waals surface area (Å²) in [6, 6.07) is 20.9. The predicted molar refractivity (Wildman–Crippen MR) is 151 cm³/mol. The molecule has 0 aliphatic rings. The highest BCUT2D eigenvalue weighted by Crippen LogP contribution is 2.25. The van der Waals surface area contributed by atoms with E-state index in [4.69, 9.17) is 15.8 Å². The quantitative estimate of drug-likeness (QED) is 0.143. The number of aryl methyl sites for hydroxylation is 3. The van der Waals surface area contributed by atoms with E-state index in [0.717, 1.165) is 50.9 Å². The van der Waals surface area contributed by atoms with Gasteiger partial charge in [-0.1, -0.05) is 6.07 Å². The number of benzene rings is 3. The van der Waals surface area contributed by atoms with Gasteiger partial charge >= 0.3 is 0 Å². The number of hydrogen-bond acceptors (Lipinski definition) is 7. The number of pyridine rings is 1. The molecule has 0 amide bonds. The molecule has 0 radical (unpaired) electrons. The molecule has 4 aromatic rings. The number of aromatic nitrogens is 1. The van der Waals surface area contributed by atoms with Crippen molar-refractivity contribution in [2.24, 2.45) is 9.98 Å². The molecule has 0 spiro atoms. The van der Waals surface area contributed by atoms with Crippen molar-refractivity contribution in [3.05, 3.63) is 101 Å². The maximum Gasteiger partial charge on any atom is 0.115 e. The van der Waals surface area contributed by atoms with Crippen molar-refractivity contribution in [3.8, 4) is 17.2 Å². The van der Waals surface area contributed by atoms with Gasteiger partial charge in [0.1, 0.15) is 17.2 Å². The summed E-state index contributed by atoms with van der Waals surface area (Å²) in [6.45, 7) is 9.50. The Balaban J connectivity index is 0.000000356. The van der Waals surface area contributed by atoms with Gasteiger partial charge in [-0.3, -0.25) is 9.98 Å². The number of rotatable bonds is 4. The molecule has 3 aromatic carbocycles. The van der Waals surface area contributed by atoms with Crippen LogP contribution in [0.4, 0.5) is 17.1 Å². The minimum absolute atomic E-state index is 0.227.